The van der Waals surface area contributed by atoms with Gasteiger partial charge < -0.3 is 20.0 Å². The Morgan fingerprint density at radius 1 is 0.864 bits per heavy atom. The van der Waals surface area contributed by atoms with Gasteiger partial charge in [0.1, 0.15) is 17.4 Å². The third-order valence-electron chi connectivity index (χ3n) is 11.8. The first-order valence-electron chi connectivity index (χ1n) is 22.3. The molecule has 4 aromatic rings. The quantitative estimate of drug-likeness (QED) is 0.0445. The average molecular weight is 996 g/mol. The minimum Gasteiger partial charge on any atom is -0.480 e. The Kier molecular flexibility index (Phi) is 17.1. The Bertz CT molecular complexity index is 2630. The number of para-hydroxylation sites is 1. The zero-order chi connectivity index (χ0) is 46.9. The first-order valence-corrected chi connectivity index (χ1v) is 26.5. The Balaban J connectivity index is 1.30. The number of amides is 2. The topological polar surface area (TPSA) is 118 Å². The molecule has 9 nitrogen and oxygen atoms in total. The first-order chi connectivity index (χ1) is 31.9. The number of thiophene rings is 2. The Morgan fingerprint density at radius 3 is 2.21 bits per heavy atom. The monoisotopic (exact) mass is 995 g/mol. The van der Waals surface area contributed by atoms with Gasteiger partial charge in [-0.05, 0) is 102 Å². The number of aliphatic carboxylic acids is 2. The van der Waals surface area contributed by atoms with Crippen LogP contribution in [0, 0.1) is 0 Å². The summed E-state index contributed by atoms with van der Waals surface area (Å²) in [4.78, 5) is 59.4. The number of hydrogen-bond donors (Lipinski definition) is 2. The van der Waals surface area contributed by atoms with Crippen LogP contribution in [0.3, 0.4) is 0 Å². The maximum atomic E-state index is 13.4. The maximum Gasteiger partial charge on any atom is 0.323 e. The average Bonchev–Trinajstić information content (AvgIpc) is 4.05. The van der Waals surface area contributed by atoms with Crippen LogP contribution in [0.4, 0.5) is 11.4 Å². The normalized spacial score (nSPS) is 17.3. The molecule has 66 heavy (non-hydrogen) atoms. The molecule has 4 heterocycles. The van der Waals surface area contributed by atoms with Crippen molar-refractivity contribution in [3.05, 3.63) is 120 Å². The van der Waals surface area contributed by atoms with Gasteiger partial charge in [0.15, 0.2) is 0 Å². The van der Waals surface area contributed by atoms with E-state index in [1.54, 1.807) is 22.7 Å². The van der Waals surface area contributed by atoms with Crippen LogP contribution >= 0.6 is 70.6 Å². The number of fused-ring (bicyclic) bond motifs is 3. The molecule has 1 aliphatic carbocycles. The molecule has 344 valence electrons. The van der Waals surface area contributed by atoms with E-state index >= 15 is 0 Å². The van der Waals surface area contributed by atoms with Crippen LogP contribution in [0.25, 0.3) is 28.2 Å². The maximum absolute atomic E-state index is 13.4. The molecular formula is C51H53N3O6S6. The number of benzene rings is 2. The second-order valence-electron chi connectivity index (χ2n) is 16.5. The van der Waals surface area contributed by atoms with Gasteiger partial charge in [0, 0.05) is 48.5 Å². The van der Waals surface area contributed by atoms with Gasteiger partial charge in [-0.3, -0.25) is 24.1 Å². The highest BCUT2D eigenvalue weighted by Crippen LogP contribution is 2.52. The molecule has 3 aliphatic rings. The third-order valence-corrected chi connectivity index (χ3v) is 16.4. The van der Waals surface area contributed by atoms with Crippen molar-refractivity contribution in [2.75, 3.05) is 25.0 Å². The van der Waals surface area contributed by atoms with E-state index in [1.165, 1.54) is 33.3 Å². The van der Waals surface area contributed by atoms with E-state index in [9.17, 15) is 29.4 Å². The number of carboxylic acids is 2. The Hall–Kier alpha value is -4.64. The largest absolute Gasteiger partial charge is 0.480 e. The summed E-state index contributed by atoms with van der Waals surface area (Å²) in [5, 5.41) is 18.8. The van der Waals surface area contributed by atoms with Crippen molar-refractivity contribution in [2.24, 2.45) is 0 Å². The van der Waals surface area contributed by atoms with Crippen molar-refractivity contribution in [3.8, 4) is 10.4 Å². The zero-order valence-corrected chi connectivity index (χ0v) is 42.1. The van der Waals surface area contributed by atoms with Gasteiger partial charge in [-0.25, -0.2) is 0 Å². The molecule has 0 radical (unpaired) electrons. The molecule has 2 amide bonds. The number of thiocarbonyl (C=S) groups is 2. The Morgan fingerprint density at radius 2 is 1.55 bits per heavy atom. The molecule has 0 bridgehead atoms. The van der Waals surface area contributed by atoms with Gasteiger partial charge in [0.05, 0.1) is 15.9 Å². The summed E-state index contributed by atoms with van der Waals surface area (Å²) < 4.78 is 1.68. The van der Waals surface area contributed by atoms with Crippen LogP contribution in [-0.4, -0.2) is 79.0 Å². The number of carbonyl (C=O) groups is 4. The molecular weight excluding hydrogens is 943 g/mol. The fourth-order valence-electron chi connectivity index (χ4n) is 8.66. The molecule has 1 fully saturated rings. The summed E-state index contributed by atoms with van der Waals surface area (Å²) in [5.41, 5.74) is 8.16. The predicted molar refractivity (Wildman–Crippen MR) is 284 cm³/mol. The van der Waals surface area contributed by atoms with Gasteiger partial charge in [-0.2, -0.15) is 0 Å². The molecule has 2 unspecified atom stereocenters. The predicted octanol–water partition coefficient (Wildman–Crippen LogP) is 12.8. The van der Waals surface area contributed by atoms with Crippen molar-refractivity contribution in [1.29, 1.82) is 0 Å². The molecule has 15 heteroatoms. The Labute approximate surface area is 414 Å². The van der Waals surface area contributed by atoms with E-state index in [2.05, 4.69) is 91.6 Å². The summed E-state index contributed by atoms with van der Waals surface area (Å²) in [5.74, 6) is -2.94. The number of nitrogens with zero attached hydrogens (tertiary/aromatic N) is 3. The minimum absolute atomic E-state index is 0.0182. The van der Waals surface area contributed by atoms with E-state index in [1.807, 2.05) is 18.2 Å². The zero-order valence-electron chi connectivity index (χ0n) is 37.2. The lowest BCUT2D eigenvalue weighted by Gasteiger charge is -2.29. The van der Waals surface area contributed by atoms with E-state index in [4.69, 9.17) is 24.4 Å². The highest BCUT2D eigenvalue weighted by Gasteiger charge is 2.39. The third kappa shape index (κ3) is 11.5. The van der Waals surface area contributed by atoms with E-state index in [-0.39, 0.29) is 22.2 Å². The van der Waals surface area contributed by atoms with Gasteiger partial charge in [0.2, 0.25) is 0 Å². The number of rotatable bonds is 22. The second-order valence-corrected chi connectivity index (χ2v) is 21.8. The van der Waals surface area contributed by atoms with E-state index in [0.717, 1.165) is 135 Å². The summed E-state index contributed by atoms with van der Waals surface area (Å²) in [6, 6.07) is 21.7. The van der Waals surface area contributed by atoms with Gasteiger partial charge in [-0.1, -0.05) is 143 Å². The molecule has 2 aromatic heterocycles. The molecule has 1 saturated heterocycles. The molecule has 2 aromatic carbocycles. The molecule has 2 atom stereocenters. The van der Waals surface area contributed by atoms with Crippen molar-refractivity contribution in [1.82, 2.24) is 9.80 Å². The van der Waals surface area contributed by atoms with Crippen LogP contribution in [-0.2, 0) is 32.0 Å². The van der Waals surface area contributed by atoms with Crippen LogP contribution in [0.5, 0.6) is 0 Å². The van der Waals surface area contributed by atoms with Crippen LogP contribution in [0.15, 0.2) is 88.7 Å². The standard InChI is InChI=1S/C51H53N3O6S6/c1-4-6-8-11-15-32-23-37(27-43(63-31-61)49(59)52(3)29-45(55)56)64-47(32)34-19-21-41-39(25-34)40-26-35(20-22-42(40)54(41)36-17-13-10-14-18-36)48-33(16-12-9-7-5-2)24-38(65-48)28-44-50(60)53(30-46(57)58)51(62)66-44/h10,13-14,17-28,31,39,41H,4-9,11-12,15-16,29-30H2,1-3H3,(H,55,56)(H,57,58)/b43-27+,44-28+. The van der Waals surface area contributed by atoms with Crippen LogP contribution in [0.1, 0.15) is 102 Å². The number of allylic oxidation sites excluding steroid dienone is 2. The van der Waals surface area contributed by atoms with Crippen molar-refractivity contribution >= 4 is 133 Å². The summed E-state index contributed by atoms with van der Waals surface area (Å²) >= 11 is 16.1. The molecule has 0 saturated carbocycles. The van der Waals surface area contributed by atoms with Crippen LogP contribution < -0.4 is 4.90 Å². The summed E-state index contributed by atoms with van der Waals surface area (Å²) in [6.45, 7) is 3.55. The number of carbonyl (C=O) groups excluding carboxylic acids is 2. The van der Waals surface area contributed by atoms with Gasteiger partial charge >= 0.3 is 11.9 Å². The number of unbranched alkanes of at least 4 members (excludes halogenated alkanes) is 6. The second kappa shape index (κ2) is 22.9. The first kappa shape index (κ1) is 49.3. The van der Waals surface area contributed by atoms with Crippen LogP contribution in [0.2, 0.25) is 0 Å². The number of thioether (sulfide) groups is 2. The molecule has 0 spiro atoms. The lowest BCUT2D eigenvalue weighted by Crippen LogP contribution is -2.33. The highest BCUT2D eigenvalue weighted by atomic mass is 32.2. The molecule has 7 rings (SSSR count). The lowest BCUT2D eigenvalue weighted by atomic mass is 9.86. The SMILES string of the molecule is CCCCCCc1cc(/C=C(/SC=S)C(=O)N(C)CC(=O)O)sc1C1=CC2c3cc(-c4sc(/C=C5/SC(=S)N(CC(=O)O)C5=O)cc4CCCCCC)ccc3N(c3ccccc3)C2C=C1. The summed E-state index contributed by atoms with van der Waals surface area (Å²) in [7, 11) is 1.49. The minimum atomic E-state index is -1.11. The van der Waals surface area contributed by atoms with Crippen molar-refractivity contribution < 1.29 is 29.4 Å². The smallest absolute Gasteiger partial charge is 0.323 e. The molecule has 2 aliphatic heterocycles. The number of aryl methyl sites for hydroxylation is 2. The number of likely N-dealkylation sites (N-methyl/N-ethyl adjacent to an activating group) is 1. The number of carboxylic acid groups (broad SMARTS) is 2. The number of anilines is 2. The van der Waals surface area contributed by atoms with Crippen molar-refractivity contribution in [2.45, 2.75) is 90.0 Å². The van der Waals surface area contributed by atoms with E-state index in [0.29, 0.717) is 9.81 Å². The number of hydrogen-bond acceptors (Lipinski definition) is 11. The lowest BCUT2D eigenvalue weighted by molar-refractivity contribution is -0.142. The van der Waals surface area contributed by atoms with Gasteiger partial charge in [-0.15, -0.1) is 22.7 Å². The summed E-state index contributed by atoms with van der Waals surface area (Å²) in [6.07, 6.45) is 21.4. The van der Waals surface area contributed by atoms with Crippen molar-refractivity contribution in [3.63, 3.8) is 0 Å². The fourth-order valence-corrected chi connectivity index (χ4v) is 13.2. The molecule has 2 N–H and O–H groups in total. The van der Waals surface area contributed by atoms with E-state index < -0.39 is 30.9 Å². The van der Waals surface area contributed by atoms with Gasteiger partial charge in [0.25, 0.3) is 11.8 Å². The highest BCUT2D eigenvalue weighted by molar-refractivity contribution is 8.26. The fraction of sp³-hybridized carbons (Fsp3) is 0.333.